The Bertz CT molecular complexity index is 1330. The van der Waals surface area contributed by atoms with E-state index in [1.165, 1.54) is 0 Å². The van der Waals surface area contributed by atoms with Crippen LogP contribution in [0, 0.1) is 0 Å². The normalized spacial score (nSPS) is 18.6. The number of carbonyl (C=O) groups excluding carboxylic acids is 4. The highest BCUT2D eigenvalue weighted by molar-refractivity contribution is 6.04. The average molecular weight is 537 g/mol. The zero-order valence-electron chi connectivity index (χ0n) is 22.2. The van der Waals surface area contributed by atoms with Gasteiger partial charge in [-0.2, -0.15) is 0 Å². The molecule has 2 fully saturated rings. The molecule has 12 nitrogen and oxygen atoms in total. The SMILES string of the molecule is C=CC(=NCc1cc(C2NC(=O)NC2=O)oc1CC)N1CCCNC1=O.COc1ccc2c(c1)C(=O)N(C)C2. The molecule has 6 amide bonds. The van der Waals surface area contributed by atoms with E-state index in [0.29, 0.717) is 43.4 Å². The summed E-state index contributed by atoms with van der Waals surface area (Å²) in [5, 5.41) is 7.46. The van der Waals surface area contributed by atoms with Crippen molar-refractivity contribution >= 4 is 29.7 Å². The summed E-state index contributed by atoms with van der Waals surface area (Å²) in [5.41, 5.74) is 2.64. The Labute approximate surface area is 226 Å². The van der Waals surface area contributed by atoms with Gasteiger partial charge in [-0.3, -0.25) is 24.8 Å². The number of methoxy groups -OCH3 is 1. The summed E-state index contributed by atoms with van der Waals surface area (Å²) in [6, 6.07) is 5.76. The first-order valence-electron chi connectivity index (χ1n) is 12.6. The Kier molecular flexibility index (Phi) is 8.33. The molecule has 0 spiro atoms. The van der Waals surface area contributed by atoms with Gasteiger partial charge in [-0.25, -0.2) is 9.59 Å². The van der Waals surface area contributed by atoms with Gasteiger partial charge in [0.25, 0.3) is 11.8 Å². The summed E-state index contributed by atoms with van der Waals surface area (Å²) in [5.74, 6) is 1.91. The fourth-order valence-corrected chi connectivity index (χ4v) is 4.51. The van der Waals surface area contributed by atoms with Crippen molar-refractivity contribution in [3.63, 3.8) is 0 Å². The number of ether oxygens (including phenoxy) is 1. The second-order valence-electron chi connectivity index (χ2n) is 9.15. The third-order valence-corrected chi connectivity index (χ3v) is 6.55. The van der Waals surface area contributed by atoms with Gasteiger partial charge in [0.1, 0.15) is 23.1 Å². The highest BCUT2D eigenvalue weighted by Crippen LogP contribution is 2.26. The van der Waals surface area contributed by atoms with E-state index in [0.717, 1.165) is 28.9 Å². The number of amides is 6. The molecule has 4 heterocycles. The number of rotatable bonds is 6. The summed E-state index contributed by atoms with van der Waals surface area (Å²) in [4.78, 5) is 54.3. The number of amidine groups is 1. The van der Waals surface area contributed by atoms with Crippen LogP contribution in [-0.4, -0.2) is 66.8 Å². The van der Waals surface area contributed by atoms with Gasteiger partial charge in [-0.15, -0.1) is 0 Å². The zero-order chi connectivity index (χ0) is 28.1. The highest BCUT2D eigenvalue weighted by atomic mass is 16.5. The van der Waals surface area contributed by atoms with Crippen molar-refractivity contribution in [1.29, 1.82) is 0 Å². The Morgan fingerprint density at radius 3 is 2.69 bits per heavy atom. The summed E-state index contributed by atoms with van der Waals surface area (Å²) in [6.45, 7) is 7.88. The standard InChI is InChI=1S/C17H21N5O4.C10H11NO2/c1-3-11-10(8-12(26-11)14-15(23)21-16(24)20-14)9-19-13(4-2)22-7-5-6-18-17(22)25;1-11-6-7-3-4-8(13-2)5-9(7)10(11)12/h4,8,14H,2-3,5-7,9H2,1H3,(H,18,25)(H2,20,21,23,24);3-5H,6H2,1-2H3. The molecule has 0 radical (unpaired) electrons. The van der Waals surface area contributed by atoms with Crippen LogP contribution in [-0.2, 0) is 24.3 Å². The minimum absolute atomic E-state index is 0.0777. The van der Waals surface area contributed by atoms with E-state index in [1.54, 1.807) is 42.2 Å². The fraction of sp³-hybridized carbons (Fsp3) is 0.370. The van der Waals surface area contributed by atoms with Crippen molar-refractivity contribution in [3.8, 4) is 5.75 Å². The van der Waals surface area contributed by atoms with Crippen LogP contribution >= 0.6 is 0 Å². The predicted octanol–water partition coefficient (Wildman–Crippen LogP) is 2.50. The summed E-state index contributed by atoms with van der Waals surface area (Å²) in [6.07, 6.45) is 2.99. The maximum Gasteiger partial charge on any atom is 0.323 e. The van der Waals surface area contributed by atoms with Crippen LogP contribution in [0.15, 0.2) is 46.3 Å². The maximum absolute atomic E-state index is 12.0. The minimum Gasteiger partial charge on any atom is -0.497 e. The van der Waals surface area contributed by atoms with Crippen molar-refractivity contribution < 1.29 is 28.3 Å². The number of imide groups is 1. The van der Waals surface area contributed by atoms with E-state index < -0.39 is 18.0 Å². The first kappa shape index (κ1) is 27.4. The number of aliphatic imine (C=N–C) groups is 1. The van der Waals surface area contributed by atoms with Gasteiger partial charge in [-0.1, -0.05) is 19.6 Å². The Hall–Kier alpha value is -4.61. The zero-order valence-corrected chi connectivity index (χ0v) is 22.2. The largest absolute Gasteiger partial charge is 0.497 e. The van der Waals surface area contributed by atoms with Gasteiger partial charge in [0.05, 0.1) is 13.7 Å². The quantitative estimate of drug-likeness (QED) is 0.294. The first-order valence-corrected chi connectivity index (χ1v) is 12.6. The second-order valence-corrected chi connectivity index (χ2v) is 9.15. The lowest BCUT2D eigenvalue weighted by Gasteiger charge is -2.27. The fourth-order valence-electron chi connectivity index (χ4n) is 4.51. The number of nitrogens with one attached hydrogen (secondary N) is 3. The van der Waals surface area contributed by atoms with Crippen LogP contribution in [0.2, 0.25) is 0 Å². The van der Waals surface area contributed by atoms with Gasteiger partial charge in [0.2, 0.25) is 0 Å². The van der Waals surface area contributed by atoms with Gasteiger partial charge in [0, 0.05) is 44.2 Å². The van der Waals surface area contributed by atoms with E-state index in [1.807, 2.05) is 19.1 Å². The number of hydrogen-bond donors (Lipinski definition) is 3. The molecule has 2 aromatic rings. The van der Waals surface area contributed by atoms with Gasteiger partial charge >= 0.3 is 12.1 Å². The van der Waals surface area contributed by atoms with Crippen molar-refractivity contribution in [2.24, 2.45) is 4.99 Å². The molecule has 1 aromatic carbocycles. The molecule has 2 saturated heterocycles. The monoisotopic (exact) mass is 536 g/mol. The molecule has 1 atom stereocenters. The molecule has 3 aliphatic heterocycles. The van der Waals surface area contributed by atoms with E-state index in [4.69, 9.17) is 9.15 Å². The van der Waals surface area contributed by atoms with Crippen LogP contribution in [0.25, 0.3) is 0 Å². The predicted molar refractivity (Wildman–Crippen MR) is 142 cm³/mol. The number of aryl methyl sites for hydroxylation is 1. The lowest BCUT2D eigenvalue weighted by Crippen LogP contribution is -2.48. The molecule has 206 valence electrons. The Morgan fingerprint density at radius 1 is 1.26 bits per heavy atom. The molecule has 1 aromatic heterocycles. The molecular formula is C27H32N6O6. The van der Waals surface area contributed by atoms with Crippen LogP contribution in [0.3, 0.4) is 0 Å². The number of nitrogens with zero attached hydrogens (tertiary/aromatic N) is 3. The molecule has 39 heavy (non-hydrogen) atoms. The summed E-state index contributed by atoms with van der Waals surface area (Å²) in [7, 11) is 3.40. The highest BCUT2D eigenvalue weighted by Gasteiger charge is 2.34. The van der Waals surface area contributed by atoms with Crippen LogP contribution < -0.4 is 20.7 Å². The van der Waals surface area contributed by atoms with Crippen LogP contribution in [0.1, 0.15) is 52.4 Å². The van der Waals surface area contributed by atoms with E-state index in [-0.39, 0.29) is 18.5 Å². The lowest BCUT2D eigenvalue weighted by molar-refractivity contribution is -0.120. The molecular weight excluding hydrogens is 504 g/mol. The van der Waals surface area contributed by atoms with Gasteiger partial charge < -0.3 is 24.7 Å². The van der Waals surface area contributed by atoms with Crippen molar-refractivity contribution in [1.82, 2.24) is 25.8 Å². The van der Waals surface area contributed by atoms with Crippen LogP contribution in [0.4, 0.5) is 9.59 Å². The van der Waals surface area contributed by atoms with E-state index in [2.05, 4.69) is 27.5 Å². The summed E-state index contributed by atoms with van der Waals surface area (Å²) < 4.78 is 10.8. The van der Waals surface area contributed by atoms with Crippen molar-refractivity contribution in [3.05, 3.63) is 65.1 Å². The molecule has 12 heteroatoms. The Morgan fingerprint density at radius 2 is 2.05 bits per heavy atom. The molecule has 3 aliphatic rings. The molecule has 5 rings (SSSR count). The second kappa shape index (κ2) is 11.8. The molecule has 3 N–H and O–H groups in total. The summed E-state index contributed by atoms with van der Waals surface area (Å²) >= 11 is 0. The molecule has 1 unspecified atom stereocenters. The number of benzene rings is 1. The minimum atomic E-state index is -0.836. The number of hydrogen-bond acceptors (Lipinski definition) is 7. The lowest BCUT2D eigenvalue weighted by atomic mass is 10.1. The Balaban J connectivity index is 0.000000226. The first-order chi connectivity index (χ1) is 18.7. The van der Waals surface area contributed by atoms with E-state index in [9.17, 15) is 19.2 Å². The number of furan rings is 1. The molecule has 0 bridgehead atoms. The number of carbonyl (C=O) groups is 4. The maximum atomic E-state index is 12.0. The molecule has 0 saturated carbocycles. The van der Waals surface area contributed by atoms with E-state index >= 15 is 0 Å². The van der Waals surface area contributed by atoms with Crippen molar-refractivity contribution in [2.45, 2.75) is 38.9 Å². The number of fused-ring (bicyclic) bond motifs is 1. The van der Waals surface area contributed by atoms with Gasteiger partial charge in [0.15, 0.2) is 6.04 Å². The topological polar surface area (TPSA) is 146 Å². The smallest absolute Gasteiger partial charge is 0.323 e. The number of urea groups is 2. The van der Waals surface area contributed by atoms with Crippen molar-refractivity contribution in [2.75, 3.05) is 27.2 Å². The van der Waals surface area contributed by atoms with Crippen LogP contribution in [0.5, 0.6) is 5.75 Å². The average Bonchev–Trinajstić information content (AvgIpc) is 3.59. The van der Waals surface area contributed by atoms with Gasteiger partial charge in [-0.05, 0) is 36.3 Å². The third kappa shape index (κ3) is 5.95. The molecule has 0 aliphatic carbocycles. The third-order valence-electron chi connectivity index (χ3n) is 6.55.